The summed E-state index contributed by atoms with van der Waals surface area (Å²) in [4.78, 5) is 33.9. The Morgan fingerprint density at radius 1 is 0.833 bits per heavy atom. The molecule has 0 saturated heterocycles. The average molecular weight is 351 g/mol. The maximum Gasteiger partial charge on any atom is 0.303 e. The summed E-state index contributed by atoms with van der Waals surface area (Å²) in [5.41, 5.74) is 0. The third-order valence-electron chi connectivity index (χ3n) is 2.88. The fourth-order valence-corrected chi connectivity index (χ4v) is 2.00. The van der Waals surface area contributed by atoms with Gasteiger partial charge in [-0.05, 0) is 0 Å². The van der Waals surface area contributed by atoms with Crippen LogP contribution in [-0.2, 0) is 42.8 Å². The molecular formula is C15H26O9. The van der Waals surface area contributed by atoms with Crippen LogP contribution < -0.4 is 0 Å². The van der Waals surface area contributed by atoms with Crippen molar-refractivity contribution in [3.63, 3.8) is 0 Å². The number of esters is 3. The highest BCUT2D eigenvalue weighted by Gasteiger charge is 2.40. The average Bonchev–Trinajstić information content (AvgIpc) is 2.48. The predicted octanol–water partition coefficient (Wildman–Crippen LogP) is 0.0893. The third kappa shape index (κ3) is 8.23. The van der Waals surface area contributed by atoms with E-state index in [1.165, 1.54) is 35.2 Å². The Hall–Kier alpha value is -1.71. The number of hydrogen-bond acceptors (Lipinski definition) is 9. The van der Waals surface area contributed by atoms with Gasteiger partial charge in [-0.15, -0.1) is 0 Å². The van der Waals surface area contributed by atoms with Gasteiger partial charge in [0.05, 0.1) is 7.98 Å². The van der Waals surface area contributed by atoms with E-state index in [9.17, 15) is 14.4 Å². The molecule has 0 N–H and O–H groups in total. The lowest BCUT2D eigenvalue weighted by Crippen LogP contribution is -2.52. The Labute approximate surface area is 142 Å². The van der Waals surface area contributed by atoms with Crippen LogP contribution in [0.5, 0.6) is 0 Å². The standard InChI is InChI=1S/C15H26O9/c1-9(16)22-8-12(20-5)14(21-6)15(24-11(3)18)13(7-19-4)23-10(2)17/h12-15H,7-8H2,1-6H3/t12-,13+,14+,15-/m0/s1/i8D/t8?,12-,13+,14+,15-. The summed E-state index contributed by atoms with van der Waals surface area (Å²) < 4.78 is 38.6. The largest absolute Gasteiger partial charge is 0.463 e. The van der Waals surface area contributed by atoms with Crippen molar-refractivity contribution in [3.8, 4) is 0 Å². The Kier molecular flexibility index (Phi) is 9.97. The lowest BCUT2D eigenvalue weighted by Gasteiger charge is -2.34. The smallest absolute Gasteiger partial charge is 0.303 e. The van der Waals surface area contributed by atoms with E-state index in [0.717, 1.165) is 6.92 Å². The highest BCUT2D eigenvalue weighted by Crippen LogP contribution is 2.18. The Morgan fingerprint density at radius 2 is 1.42 bits per heavy atom. The van der Waals surface area contributed by atoms with Crippen LogP contribution in [0.25, 0.3) is 0 Å². The zero-order chi connectivity index (χ0) is 19.6. The number of carbonyl (C=O) groups is 3. The molecule has 140 valence electrons. The monoisotopic (exact) mass is 351 g/mol. The van der Waals surface area contributed by atoms with Crippen molar-refractivity contribution in [2.45, 2.75) is 45.2 Å². The van der Waals surface area contributed by atoms with Crippen molar-refractivity contribution in [2.75, 3.05) is 34.5 Å². The van der Waals surface area contributed by atoms with Gasteiger partial charge in [0.25, 0.3) is 0 Å². The molecule has 0 rings (SSSR count). The van der Waals surface area contributed by atoms with Crippen LogP contribution in [0.2, 0.25) is 0 Å². The number of hydrogen-bond donors (Lipinski definition) is 0. The molecule has 0 spiro atoms. The molecule has 1 unspecified atom stereocenters. The van der Waals surface area contributed by atoms with Crippen molar-refractivity contribution in [2.24, 2.45) is 0 Å². The second-order valence-electron chi connectivity index (χ2n) is 4.82. The Morgan fingerprint density at radius 3 is 1.79 bits per heavy atom. The molecule has 0 heterocycles. The fraction of sp³-hybridized carbons (Fsp3) is 0.800. The van der Waals surface area contributed by atoms with E-state index in [4.69, 9.17) is 29.8 Å². The summed E-state index contributed by atoms with van der Waals surface area (Å²) in [5.74, 6) is -1.97. The van der Waals surface area contributed by atoms with Gasteiger partial charge in [-0.1, -0.05) is 0 Å². The molecule has 9 heteroatoms. The van der Waals surface area contributed by atoms with Crippen molar-refractivity contribution >= 4 is 17.9 Å². The topological polar surface area (TPSA) is 107 Å². The van der Waals surface area contributed by atoms with Gasteiger partial charge in [0, 0.05) is 42.1 Å². The van der Waals surface area contributed by atoms with Crippen LogP contribution in [0.1, 0.15) is 22.1 Å². The van der Waals surface area contributed by atoms with Crippen LogP contribution in [0.4, 0.5) is 0 Å². The van der Waals surface area contributed by atoms with Crippen LogP contribution >= 0.6 is 0 Å². The zero-order valence-corrected chi connectivity index (χ0v) is 14.8. The molecule has 0 aliphatic heterocycles. The van der Waals surface area contributed by atoms with Gasteiger partial charge in [0.1, 0.15) is 18.8 Å². The quantitative estimate of drug-likeness (QED) is 0.378. The lowest BCUT2D eigenvalue weighted by atomic mass is 10.0. The van der Waals surface area contributed by atoms with E-state index in [2.05, 4.69) is 0 Å². The molecule has 5 atom stereocenters. The van der Waals surface area contributed by atoms with Crippen LogP contribution in [-0.4, -0.2) is 76.8 Å². The van der Waals surface area contributed by atoms with Gasteiger partial charge in [0.2, 0.25) is 0 Å². The highest BCUT2D eigenvalue weighted by molar-refractivity contribution is 5.67. The van der Waals surface area contributed by atoms with Crippen molar-refractivity contribution in [1.29, 1.82) is 0 Å². The van der Waals surface area contributed by atoms with Crippen molar-refractivity contribution in [1.82, 2.24) is 0 Å². The van der Waals surface area contributed by atoms with Crippen LogP contribution in [0.15, 0.2) is 0 Å². The zero-order valence-electron chi connectivity index (χ0n) is 15.8. The molecular weight excluding hydrogens is 324 g/mol. The first-order chi connectivity index (χ1) is 11.7. The molecule has 0 aromatic rings. The molecule has 24 heavy (non-hydrogen) atoms. The van der Waals surface area contributed by atoms with Gasteiger partial charge in [-0.3, -0.25) is 14.4 Å². The Bertz CT molecular complexity index is 443. The molecule has 0 radical (unpaired) electrons. The van der Waals surface area contributed by atoms with Crippen molar-refractivity contribution in [3.05, 3.63) is 0 Å². The minimum Gasteiger partial charge on any atom is -0.463 e. The van der Waals surface area contributed by atoms with E-state index in [0.29, 0.717) is 0 Å². The predicted molar refractivity (Wildman–Crippen MR) is 81.2 cm³/mol. The number of ether oxygens (including phenoxy) is 6. The number of rotatable bonds is 11. The molecule has 0 bridgehead atoms. The van der Waals surface area contributed by atoms with Gasteiger partial charge in [-0.2, -0.15) is 0 Å². The third-order valence-corrected chi connectivity index (χ3v) is 2.88. The molecule has 0 aliphatic carbocycles. The summed E-state index contributed by atoms with van der Waals surface area (Å²) in [6.07, 6.45) is -4.36. The maximum atomic E-state index is 11.5. The van der Waals surface area contributed by atoms with Crippen molar-refractivity contribution < 1.29 is 44.2 Å². The summed E-state index contributed by atoms with van der Waals surface area (Å²) in [7, 11) is 3.96. The second kappa shape index (κ2) is 11.8. The van der Waals surface area contributed by atoms with E-state index in [-0.39, 0.29) is 6.61 Å². The summed E-state index contributed by atoms with van der Waals surface area (Å²) in [5, 5.41) is 0. The maximum absolute atomic E-state index is 11.5. The molecule has 0 aliphatic rings. The fourth-order valence-electron chi connectivity index (χ4n) is 2.00. The summed E-state index contributed by atoms with van der Waals surface area (Å²) in [6.45, 7) is 1.96. The van der Waals surface area contributed by atoms with E-state index in [1.54, 1.807) is 0 Å². The van der Waals surface area contributed by atoms with Crippen LogP contribution in [0, 0.1) is 0 Å². The molecule has 0 saturated carbocycles. The lowest BCUT2D eigenvalue weighted by molar-refractivity contribution is -0.196. The minimum absolute atomic E-state index is 0.0932. The Balaban J connectivity index is 5.67. The second-order valence-corrected chi connectivity index (χ2v) is 4.82. The first-order valence-electron chi connectivity index (χ1n) is 7.74. The van der Waals surface area contributed by atoms with Gasteiger partial charge < -0.3 is 28.4 Å². The summed E-state index contributed by atoms with van der Waals surface area (Å²) >= 11 is 0. The van der Waals surface area contributed by atoms with Crippen LogP contribution in [0.3, 0.4) is 0 Å². The summed E-state index contributed by atoms with van der Waals surface area (Å²) in [6, 6.07) is 0. The minimum atomic E-state index is -1.45. The highest BCUT2D eigenvalue weighted by atomic mass is 16.6. The molecule has 0 amide bonds. The normalized spacial score (nSPS) is 17.7. The molecule has 9 nitrogen and oxygen atoms in total. The molecule has 0 aromatic carbocycles. The first-order valence-corrected chi connectivity index (χ1v) is 7.16. The van der Waals surface area contributed by atoms with E-state index < -0.39 is 48.9 Å². The number of carbonyl (C=O) groups excluding carboxylic acids is 3. The first kappa shape index (κ1) is 20.3. The van der Waals surface area contributed by atoms with Gasteiger partial charge in [-0.25, -0.2) is 0 Å². The SMILES string of the molecule is [2H]C(OC(C)=O)[C@H](OC)[C@@H](OC)[C@@H](OC(C)=O)[C@@H](COC)OC(C)=O. The number of methoxy groups -OCH3 is 3. The molecule has 0 aromatic heterocycles. The molecule has 0 fully saturated rings. The van der Waals surface area contributed by atoms with Gasteiger partial charge >= 0.3 is 17.9 Å². The van der Waals surface area contributed by atoms with E-state index >= 15 is 0 Å². The van der Waals surface area contributed by atoms with E-state index in [1.807, 2.05) is 0 Å². The van der Waals surface area contributed by atoms with Gasteiger partial charge in [0.15, 0.2) is 12.2 Å².